The van der Waals surface area contributed by atoms with E-state index in [2.05, 4.69) is 39.0 Å². The van der Waals surface area contributed by atoms with Gasteiger partial charge in [0.25, 0.3) is 10.1 Å². The van der Waals surface area contributed by atoms with Crippen molar-refractivity contribution in [3.05, 3.63) is 34.9 Å². The molecule has 0 saturated heterocycles. The smallest absolute Gasteiger partial charge is 0.311 e. The van der Waals surface area contributed by atoms with Crippen molar-refractivity contribution in [3.8, 4) is 0 Å². The van der Waals surface area contributed by atoms with E-state index in [1.54, 1.807) is 0 Å². The lowest BCUT2D eigenvalue weighted by Gasteiger charge is -2.54. The molecule has 194 valence electrons. The lowest BCUT2D eigenvalue weighted by molar-refractivity contribution is -0.157. The van der Waals surface area contributed by atoms with Crippen LogP contribution in [0.25, 0.3) is 0 Å². The number of carboxylic acids is 1. The first-order valence-corrected chi connectivity index (χ1v) is 14.2. The van der Waals surface area contributed by atoms with Crippen LogP contribution in [0.5, 0.6) is 0 Å². The summed E-state index contributed by atoms with van der Waals surface area (Å²) in [5.41, 5.74) is 12.4. The highest BCUT2D eigenvalue weighted by Gasteiger charge is 2.59. The first kappa shape index (κ1) is 28.8. The molecule has 1 saturated carbocycles. The number of fused-ring (bicyclic) bond motifs is 3. The van der Waals surface area contributed by atoms with E-state index in [0.29, 0.717) is 25.2 Å². The fourth-order valence-electron chi connectivity index (χ4n) is 6.14. The molecule has 1 fully saturated rings. The summed E-state index contributed by atoms with van der Waals surface area (Å²) in [6.07, 6.45) is 7.94. The first-order valence-electron chi connectivity index (χ1n) is 12.6. The molecule has 0 aliphatic heterocycles. The molecule has 2 aliphatic rings. The molecule has 1 aromatic carbocycles. The van der Waals surface area contributed by atoms with E-state index in [9.17, 15) is 22.9 Å². The number of nitrogens with two attached hydrogens (primary N) is 2. The van der Waals surface area contributed by atoms with Crippen molar-refractivity contribution >= 4 is 16.1 Å². The minimum absolute atomic E-state index is 0.293. The fourth-order valence-corrected chi connectivity index (χ4v) is 7.26. The van der Waals surface area contributed by atoms with E-state index < -0.39 is 27.3 Å². The van der Waals surface area contributed by atoms with Gasteiger partial charge in [0.05, 0.1) is 11.2 Å². The molecule has 0 bridgehead atoms. The third-order valence-electron chi connectivity index (χ3n) is 7.89. The van der Waals surface area contributed by atoms with Crippen molar-refractivity contribution in [2.75, 3.05) is 18.8 Å². The third-order valence-corrected chi connectivity index (χ3v) is 8.77. The summed E-state index contributed by atoms with van der Waals surface area (Å²) < 4.78 is 32.8. The maximum atomic E-state index is 12.2. The van der Waals surface area contributed by atoms with E-state index in [0.717, 1.165) is 44.3 Å². The molecule has 2 aliphatic carbocycles. The largest absolute Gasteiger partial charge is 0.481 e. The van der Waals surface area contributed by atoms with Crippen LogP contribution >= 0.6 is 0 Å². The average molecular weight is 497 g/mol. The van der Waals surface area contributed by atoms with Crippen LogP contribution in [-0.4, -0.2) is 42.9 Å². The minimum Gasteiger partial charge on any atom is -0.481 e. The molecule has 0 unspecified atom stereocenters. The minimum atomic E-state index is -4.38. The molecule has 8 heteroatoms. The second kappa shape index (κ2) is 12.0. The standard InChI is InChI=1S/C20H28O5S.C6H16N2/c1-13(2)14-5-7-16-15(11-14)6-8-17-19(16,3)9-4-10-20(17,18(21)22)12-26(23,24)25;7-5-3-1-2-4-6-8/h5,7,11,13,17H,4,6,8-10,12H2,1-3H3,(H,21,22)(H,23,24,25);1-8H2/t17-,19-,20-;/m1./s1. The summed E-state index contributed by atoms with van der Waals surface area (Å²) in [7, 11) is -4.38. The van der Waals surface area contributed by atoms with Gasteiger partial charge in [-0.2, -0.15) is 8.42 Å². The number of aryl methyl sites for hydroxylation is 1. The van der Waals surface area contributed by atoms with Crippen LogP contribution in [0.3, 0.4) is 0 Å². The molecule has 0 spiro atoms. The monoisotopic (exact) mass is 496 g/mol. The molecule has 1 aromatic rings. The van der Waals surface area contributed by atoms with Gasteiger partial charge in [0.15, 0.2) is 0 Å². The summed E-state index contributed by atoms with van der Waals surface area (Å²) >= 11 is 0. The summed E-state index contributed by atoms with van der Waals surface area (Å²) in [6, 6.07) is 6.44. The second-order valence-electron chi connectivity index (χ2n) is 10.6. The number of rotatable bonds is 9. The molecule has 0 aromatic heterocycles. The van der Waals surface area contributed by atoms with Crippen LogP contribution < -0.4 is 11.5 Å². The first-order chi connectivity index (χ1) is 15.9. The fraction of sp³-hybridized carbons (Fsp3) is 0.731. The zero-order valence-corrected chi connectivity index (χ0v) is 21.9. The summed E-state index contributed by atoms with van der Waals surface area (Å²) in [6.45, 7) is 8.02. The van der Waals surface area contributed by atoms with E-state index in [4.69, 9.17) is 11.5 Å². The summed E-state index contributed by atoms with van der Waals surface area (Å²) in [5, 5.41) is 9.99. The number of hydrogen-bond donors (Lipinski definition) is 4. The number of carboxylic acid groups (broad SMARTS) is 1. The van der Waals surface area contributed by atoms with Gasteiger partial charge < -0.3 is 16.6 Å². The number of hydrogen-bond acceptors (Lipinski definition) is 5. The number of unbranched alkanes of at least 4 members (excludes halogenated alkanes) is 3. The molecule has 3 rings (SSSR count). The Kier molecular flexibility index (Phi) is 10.1. The number of aliphatic carboxylic acids is 1. The Morgan fingerprint density at radius 3 is 2.24 bits per heavy atom. The van der Waals surface area contributed by atoms with E-state index in [1.807, 2.05) is 0 Å². The van der Waals surface area contributed by atoms with Gasteiger partial charge in [-0.1, -0.05) is 58.2 Å². The maximum Gasteiger partial charge on any atom is 0.311 e. The highest BCUT2D eigenvalue weighted by Crippen LogP contribution is 2.58. The van der Waals surface area contributed by atoms with Gasteiger partial charge in [0.2, 0.25) is 0 Å². The third kappa shape index (κ3) is 6.59. The number of carbonyl (C=O) groups is 1. The molecular formula is C26H44N2O5S. The molecular weight excluding hydrogens is 452 g/mol. The van der Waals surface area contributed by atoms with E-state index in [-0.39, 0.29) is 11.3 Å². The summed E-state index contributed by atoms with van der Waals surface area (Å²) in [5.74, 6) is -1.68. The Labute approximate surface area is 205 Å². The average Bonchev–Trinajstić information content (AvgIpc) is 2.75. The molecule has 0 amide bonds. The SMILES string of the molecule is CC(C)c1ccc2c(c1)CC[C@H]1[C@@](CS(=O)(=O)O)(C(=O)O)CCC[C@]21C.NCCCCCCN. The Morgan fingerprint density at radius 2 is 1.74 bits per heavy atom. The Morgan fingerprint density at radius 1 is 1.12 bits per heavy atom. The Bertz CT molecular complexity index is 927. The van der Waals surface area contributed by atoms with E-state index in [1.165, 1.54) is 24.0 Å². The topological polar surface area (TPSA) is 144 Å². The normalized spacial score (nSPS) is 26.3. The van der Waals surface area contributed by atoms with Crippen LogP contribution in [0, 0.1) is 11.3 Å². The van der Waals surface area contributed by atoms with Crippen LogP contribution in [-0.2, 0) is 26.7 Å². The van der Waals surface area contributed by atoms with Crippen molar-refractivity contribution in [1.29, 1.82) is 0 Å². The molecule has 6 N–H and O–H groups in total. The quantitative estimate of drug-likeness (QED) is 0.296. The van der Waals surface area contributed by atoms with Gasteiger partial charge in [-0.05, 0) is 85.6 Å². The highest BCUT2D eigenvalue weighted by molar-refractivity contribution is 7.85. The van der Waals surface area contributed by atoms with Gasteiger partial charge in [0.1, 0.15) is 0 Å². The Hall–Kier alpha value is -1.48. The Balaban J connectivity index is 0.000000440. The lowest BCUT2D eigenvalue weighted by atomic mass is 9.49. The van der Waals surface area contributed by atoms with Crippen molar-refractivity contribution in [2.24, 2.45) is 22.8 Å². The molecule has 3 atom stereocenters. The van der Waals surface area contributed by atoms with Crippen LogP contribution in [0.1, 0.15) is 94.7 Å². The lowest BCUT2D eigenvalue weighted by Crippen LogP contribution is -2.56. The van der Waals surface area contributed by atoms with Gasteiger partial charge in [-0.15, -0.1) is 0 Å². The molecule has 0 radical (unpaired) electrons. The summed E-state index contributed by atoms with van der Waals surface area (Å²) in [4.78, 5) is 12.2. The molecule has 34 heavy (non-hydrogen) atoms. The predicted octanol–water partition coefficient (Wildman–Crippen LogP) is 4.24. The van der Waals surface area contributed by atoms with Gasteiger partial charge in [-0.3, -0.25) is 9.35 Å². The predicted molar refractivity (Wildman–Crippen MR) is 137 cm³/mol. The maximum absolute atomic E-state index is 12.2. The zero-order valence-electron chi connectivity index (χ0n) is 21.1. The van der Waals surface area contributed by atoms with Crippen LogP contribution in [0.4, 0.5) is 0 Å². The molecule has 0 heterocycles. The van der Waals surface area contributed by atoms with Crippen molar-refractivity contribution in [3.63, 3.8) is 0 Å². The van der Waals surface area contributed by atoms with Crippen molar-refractivity contribution in [2.45, 2.75) is 89.9 Å². The van der Waals surface area contributed by atoms with E-state index >= 15 is 0 Å². The van der Waals surface area contributed by atoms with Gasteiger partial charge in [-0.25, -0.2) is 0 Å². The van der Waals surface area contributed by atoms with Crippen molar-refractivity contribution in [1.82, 2.24) is 0 Å². The second-order valence-corrected chi connectivity index (χ2v) is 12.1. The van der Waals surface area contributed by atoms with Crippen molar-refractivity contribution < 1.29 is 22.9 Å². The van der Waals surface area contributed by atoms with Gasteiger partial charge >= 0.3 is 5.97 Å². The van der Waals surface area contributed by atoms with Crippen LogP contribution in [0.15, 0.2) is 18.2 Å². The highest BCUT2D eigenvalue weighted by atomic mass is 32.2. The molecule has 7 nitrogen and oxygen atoms in total. The van der Waals surface area contributed by atoms with Crippen LogP contribution in [0.2, 0.25) is 0 Å². The van der Waals surface area contributed by atoms with Gasteiger partial charge in [0, 0.05) is 0 Å². The number of benzene rings is 1. The zero-order chi connectivity index (χ0) is 25.6.